The van der Waals surface area contributed by atoms with E-state index in [0.717, 1.165) is 5.92 Å². The summed E-state index contributed by atoms with van der Waals surface area (Å²) in [6.07, 6.45) is 9.79. The van der Waals surface area contributed by atoms with Gasteiger partial charge in [0.05, 0.1) is 0 Å². The normalized spacial score (nSPS) is 26.9. The number of hydrogen-bond donors (Lipinski definition) is 1. The summed E-state index contributed by atoms with van der Waals surface area (Å²) in [6.45, 7) is 5.72. The smallest absolute Gasteiger partial charge is 0.0109 e. The molecule has 110 valence electrons. The number of aryl methyl sites for hydroxylation is 1. The van der Waals surface area contributed by atoms with Crippen molar-refractivity contribution < 1.29 is 0 Å². The first-order chi connectivity index (χ1) is 9.72. The van der Waals surface area contributed by atoms with E-state index in [2.05, 4.69) is 43.4 Å². The lowest BCUT2D eigenvalue weighted by Crippen LogP contribution is -2.47. The molecule has 0 aromatic heterocycles. The van der Waals surface area contributed by atoms with Gasteiger partial charge in [0.15, 0.2) is 0 Å². The van der Waals surface area contributed by atoms with Gasteiger partial charge >= 0.3 is 0 Å². The largest absolute Gasteiger partial charge is 0.314 e. The lowest BCUT2D eigenvalue weighted by molar-refractivity contribution is 0.218. The van der Waals surface area contributed by atoms with Crippen LogP contribution in [0.1, 0.15) is 63.5 Å². The Morgan fingerprint density at radius 2 is 1.90 bits per heavy atom. The van der Waals surface area contributed by atoms with Crippen LogP contribution in [0, 0.1) is 5.92 Å². The minimum absolute atomic E-state index is 0.412. The molecule has 1 heteroatoms. The molecule has 0 spiro atoms. The van der Waals surface area contributed by atoms with Crippen LogP contribution in [0.3, 0.4) is 0 Å². The molecule has 2 aliphatic rings. The maximum absolute atomic E-state index is 3.77. The minimum atomic E-state index is 0.412. The standard InChI is InChI=1S/C19H29N/c1-15(2)20-14-19(17-10-4-5-11-17)13-7-9-16-8-3-6-12-18(16)19/h3,6,8,12,15,17,20H,4-5,7,9-11,13-14H2,1-2H3. The van der Waals surface area contributed by atoms with E-state index in [9.17, 15) is 0 Å². The van der Waals surface area contributed by atoms with Crippen molar-refractivity contribution in [3.63, 3.8) is 0 Å². The molecule has 1 aromatic carbocycles. The zero-order chi connectivity index (χ0) is 14.0. The Hall–Kier alpha value is -0.820. The highest BCUT2D eigenvalue weighted by Gasteiger charge is 2.43. The molecule has 20 heavy (non-hydrogen) atoms. The monoisotopic (exact) mass is 271 g/mol. The summed E-state index contributed by atoms with van der Waals surface area (Å²) in [4.78, 5) is 0. The molecule has 0 aliphatic heterocycles. The summed E-state index contributed by atoms with van der Waals surface area (Å²) in [6, 6.07) is 9.85. The fourth-order valence-electron chi connectivity index (χ4n) is 4.57. The molecule has 0 amide bonds. The maximum atomic E-state index is 3.77. The van der Waals surface area contributed by atoms with Crippen molar-refractivity contribution in [3.05, 3.63) is 35.4 Å². The third-order valence-electron chi connectivity index (χ3n) is 5.59. The summed E-state index contributed by atoms with van der Waals surface area (Å²) in [5, 5.41) is 3.77. The highest BCUT2D eigenvalue weighted by molar-refractivity contribution is 5.38. The van der Waals surface area contributed by atoms with E-state index in [1.807, 2.05) is 0 Å². The molecule has 0 heterocycles. The summed E-state index contributed by atoms with van der Waals surface area (Å²) in [5.41, 5.74) is 3.71. The molecular weight excluding hydrogens is 242 g/mol. The van der Waals surface area contributed by atoms with Crippen LogP contribution < -0.4 is 5.32 Å². The van der Waals surface area contributed by atoms with Gasteiger partial charge in [-0.3, -0.25) is 0 Å². The SMILES string of the molecule is CC(C)NCC1(C2CCCC2)CCCc2ccccc21. The summed E-state index contributed by atoms with van der Waals surface area (Å²) in [7, 11) is 0. The average Bonchev–Trinajstić information content (AvgIpc) is 2.99. The fourth-order valence-corrected chi connectivity index (χ4v) is 4.57. The van der Waals surface area contributed by atoms with Crippen LogP contribution in [0.5, 0.6) is 0 Å². The zero-order valence-electron chi connectivity index (χ0n) is 13.1. The van der Waals surface area contributed by atoms with E-state index in [0.29, 0.717) is 11.5 Å². The van der Waals surface area contributed by atoms with Gasteiger partial charge in [-0.25, -0.2) is 0 Å². The van der Waals surface area contributed by atoms with E-state index < -0.39 is 0 Å². The molecule has 3 rings (SSSR count). The van der Waals surface area contributed by atoms with Crippen LogP contribution in [0.15, 0.2) is 24.3 Å². The molecular formula is C19H29N. The van der Waals surface area contributed by atoms with Gasteiger partial charge in [0, 0.05) is 18.0 Å². The second-order valence-electron chi connectivity index (χ2n) is 7.18. The Kier molecular flexibility index (Phi) is 4.16. The van der Waals surface area contributed by atoms with Crippen molar-refractivity contribution in [1.82, 2.24) is 5.32 Å². The Morgan fingerprint density at radius 1 is 1.15 bits per heavy atom. The molecule has 1 atom stereocenters. The first-order valence-corrected chi connectivity index (χ1v) is 8.54. The van der Waals surface area contributed by atoms with E-state index in [1.54, 1.807) is 11.1 Å². The van der Waals surface area contributed by atoms with Gasteiger partial charge in [-0.05, 0) is 49.1 Å². The summed E-state index contributed by atoms with van der Waals surface area (Å²) < 4.78 is 0. The molecule has 1 saturated carbocycles. The predicted octanol–water partition coefficient (Wildman–Crippen LogP) is 4.45. The highest BCUT2D eigenvalue weighted by Crippen LogP contribution is 2.48. The van der Waals surface area contributed by atoms with Crippen LogP contribution in [-0.4, -0.2) is 12.6 Å². The second kappa shape index (κ2) is 5.89. The summed E-state index contributed by atoms with van der Waals surface area (Å²) in [5.74, 6) is 0.898. The Bertz CT molecular complexity index is 445. The lowest BCUT2D eigenvalue weighted by atomic mass is 9.62. The number of rotatable bonds is 4. The first-order valence-electron chi connectivity index (χ1n) is 8.54. The number of nitrogens with one attached hydrogen (secondary N) is 1. The van der Waals surface area contributed by atoms with E-state index in [4.69, 9.17) is 0 Å². The van der Waals surface area contributed by atoms with Gasteiger partial charge in [-0.1, -0.05) is 51.0 Å². The van der Waals surface area contributed by atoms with Crippen LogP contribution in [0.4, 0.5) is 0 Å². The third kappa shape index (κ3) is 2.53. The van der Waals surface area contributed by atoms with E-state index >= 15 is 0 Å². The topological polar surface area (TPSA) is 12.0 Å². The molecule has 1 nitrogen and oxygen atoms in total. The van der Waals surface area contributed by atoms with Crippen molar-refractivity contribution >= 4 is 0 Å². The van der Waals surface area contributed by atoms with E-state index in [1.165, 1.54) is 51.5 Å². The predicted molar refractivity (Wildman–Crippen MR) is 86.2 cm³/mol. The van der Waals surface area contributed by atoms with Crippen LogP contribution in [0.2, 0.25) is 0 Å². The Balaban J connectivity index is 1.97. The van der Waals surface area contributed by atoms with Crippen LogP contribution in [0.25, 0.3) is 0 Å². The average molecular weight is 271 g/mol. The van der Waals surface area contributed by atoms with Crippen molar-refractivity contribution in [2.45, 2.75) is 70.3 Å². The third-order valence-corrected chi connectivity index (χ3v) is 5.59. The second-order valence-corrected chi connectivity index (χ2v) is 7.18. The van der Waals surface area contributed by atoms with Gasteiger partial charge in [-0.15, -0.1) is 0 Å². The van der Waals surface area contributed by atoms with Crippen LogP contribution >= 0.6 is 0 Å². The Morgan fingerprint density at radius 3 is 2.65 bits per heavy atom. The van der Waals surface area contributed by atoms with Crippen molar-refractivity contribution in [3.8, 4) is 0 Å². The number of fused-ring (bicyclic) bond motifs is 1. The van der Waals surface area contributed by atoms with Gasteiger partial charge in [0.2, 0.25) is 0 Å². The van der Waals surface area contributed by atoms with Gasteiger partial charge in [0.1, 0.15) is 0 Å². The zero-order valence-corrected chi connectivity index (χ0v) is 13.1. The molecule has 0 radical (unpaired) electrons. The molecule has 1 N–H and O–H groups in total. The molecule has 1 unspecified atom stereocenters. The van der Waals surface area contributed by atoms with Gasteiger partial charge in [-0.2, -0.15) is 0 Å². The first kappa shape index (κ1) is 14.1. The van der Waals surface area contributed by atoms with Gasteiger partial charge in [0.25, 0.3) is 0 Å². The number of benzene rings is 1. The molecule has 2 aliphatic carbocycles. The summed E-state index contributed by atoms with van der Waals surface area (Å²) >= 11 is 0. The minimum Gasteiger partial charge on any atom is -0.314 e. The molecule has 1 aromatic rings. The fraction of sp³-hybridized carbons (Fsp3) is 0.684. The van der Waals surface area contributed by atoms with Crippen molar-refractivity contribution in [1.29, 1.82) is 0 Å². The maximum Gasteiger partial charge on any atom is 0.0109 e. The molecule has 1 fully saturated rings. The quantitative estimate of drug-likeness (QED) is 0.853. The lowest BCUT2D eigenvalue weighted by Gasteiger charge is -2.45. The molecule has 0 saturated heterocycles. The van der Waals surface area contributed by atoms with Crippen molar-refractivity contribution in [2.75, 3.05) is 6.54 Å². The van der Waals surface area contributed by atoms with E-state index in [-0.39, 0.29) is 0 Å². The van der Waals surface area contributed by atoms with Crippen molar-refractivity contribution in [2.24, 2.45) is 5.92 Å². The van der Waals surface area contributed by atoms with Gasteiger partial charge < -0.3 is 5.32 Å². The highest BCUT2D eigenvalue weighted by atomic mass is 14.9. The Labute approximate surface area is 124 Å². The number of hydrogen-bond acceptors (Lipinski definition) is 1. The molecule has 0 bridgehead atoms. The van der Waals surface area contributed by atoms with Crippen LogP contribution in [-0.2, 0) is 11.8 Å².